The highest BCUT2D eigenvalue weighted by molar-refractivity contribution is 6.03. The van der Waals surface area contributed by atoms with Gasteiger partial charge in [0, 0.05) is 23.5 Å². The van der Waals surface area contributed by atoms with Crippen molar-refractivity contribution in [2.24, 2.45) is 0 Å². The lowest BCUT2D eigenvalue weighted by atomic mass is 9.95. The summed E-state index contributed by atoms with van der Waals surface area (Å²) >= 11 is 0. The van der Waals surface area contributed by atoms with Gasteiger partial charge in [-0.1, -0.05) is 31.2 Å². The van der Waals surface area contributed by atoms with E-state index in [0.29, 0.717) is 23.0 Å². The number of esters is 1. The van der Waals surface area contributed by atoms with Crippen molar-refractivity contribution < 1.29 is 14.3 Å². The van der Waals surface area contributed by atoms with E-state index in [9.17, 15) is 9.59 Å². The molecule has 5 rings (SSSR count). The van der Waals surface area contributed by atoms with Gasteiger partial charge in [0.05, 0.1) is 16.6 Å². The lowest BCUT2D eigenvalue weighted by molar-refractivity contribution is 0.0243. The molecule has 0 radical (unpaired) electrons. The fraction of sp³-hybridized carbons (Fsp3) is 0.280. The quantitative estimate of drug-likeness (QED) is 0.452. The molecule has 0 amide bonds. The second-order valence-electron chi connectivity index (χ2n) is 7.85. The maximum atomic E-state index is 13.6. The van der Waals surface area contributed by atoms with Crippen LogP contribution in [0.4, 0.5) is 0 Å². The third kappa shape index (κ3) is 3.28. The molecule has 1 unspecified atom stereocenters. The second kappa shape index (κ2) is 7.95. The predicted molar refractivity (Wildman–Crippen MR) is 118 cm³/mol. The molecule has 0 saturated carbocycles. The highest BCUT2D eigenvalue weighted by Crippen LogP contribution is 2.32. The van der Waals surface area contributed by atoms with E-state index in [2.05, 4.69) is 16.0 Å². The van der Waals surface area contributed by atoms with Gasteiger partial charge in [-0.3, -0.25) is 19.3 Å². The summed E-state index contributed by atoms with van der Waals surface area (Å²) in [6.45, 7) is 1.86. The fourth-order valence-corrected chi connectivity index (χ4v) is 4.55. The minimum Gasteiger partial charge on any atom is -0.449 e. The molecule has 156 valence electrons. The van der Waals surface area contributed by atoms with Crippen molar-refractivity contribution in [3.63, 3.8) is 0 Å². The molecule has 2 aromatic carbocycles. The van der Waals surface area contributed by atoms with Crippen molar-refractivity contribution >= 4 is 33.8 Å². The number of carbonyl (C=O) groups excluding carboxylic acids is 2. The fourth-order valence-electron chi connectivity index (χ4n) is 4.55. The number of fused-ring (bicyclic) bond motifs is 4. The number of para-hydroxylation sites is 2. The van der Waals surface area contributed by atoms with Gasteiger partial charge >= 0.3 is 5.97 Å². The number of aryl methyl sites for hydroxylation is 1. The van der Waals surface area contributed by atoms with Crippen molar-refractivity contribution in [2.45, 2.75) is 45.1 Å². The average molecular weight is 413 g/mol. The van der Waals surface area contributed by atoms with E-state index in [4.69, 9.17) is 4.74 Å². The Balaban J connectivity index is 1.51. The minimum absolute atomic E-state index is 0.193. The second-order valence-corrected chi connectivity index (χ2v) is 7.85. The van der Waals surface area contributed by atoms with Crippen molar-refractivity contribution in [1.29, 1.82) is 0 Å². The first-order valence-corrected chi connectivity index (χ1v) is 10.7. The summed E-state index contributed by atoms with van der Waals surface area (Å²) in [5, 5.41) is 1.12. The molecule has 2 aromatic heterocycles. The van der Waals surface area contributed by atoms with E-state index in [1.165, 1.54) is 5.56 Å². The Morgan fingerprint density at radius 2 is 1.84 bits per heavy atom. The highest BCUT2D eigenvalue weighted by Gasteiger charge is 2.30. The number of benzene rings is 2. The van der Waals surface area contributed by atoms with Crippen molar-refractivity contribution in [3.8, 4) is 0 Å². The topological polar surface area (TPSA) is 74.1 Å². The van der Waals surface area contributed by atoms with Crippen LogP contribution < -0.4 is 0 Å². The summed E-state index contributed by atoms with van der Waals surface area (Å²) in [5.41, 5.74) is 4.60. The van der Waals surface area contributed by atoms with Gasteiger partial charge in [0.2, 0.25) is 0 Å². The SMILES string of the molecule is CCC(OC(=O)c1cccc2nccnc12)C(=O)n1c2c(c3ccccc31)CCCC2. The van der Waals surface area contributed by atoms with Crippen LogP contribution in [0.3, 0.4) is 0 Å². The Labute approximate surface area is 179 Å². The first-order chi connectivity index (χ1) is 15.2. The molecule has 31 heavy (non-hydrogen) atoms. The van der Waals surface area contributed by atoms with Gasteiger partial charge in [-0.05, 0) is 55.9 Å². The van der Waals surface area contributed by atoms with Crippen LogP contribution in [0, 0.1) is 0 Å². The van der Waals surface area contributed by atoms with Crippen LogP contribution in [0.15, 0.2) is 54.9 Å². The molecular weight excluding hydrogens is 390 g/mol. The predicted octanol–water partition coefficient (Wildman–Crippen LogP) is 4.74. The lowest BCUT2D eigenvalue weighted by Gasteiger charge is -2.20. The van der Waals surface area contributed by atoms with E-state index in [-0.39, 0.29) is 5.91 Å². The zero-order valence-corrected chi connectivity index (χ0v) is 17.4. The van der Waals surface area contributed by atoms with Crippen LogP contribution in [0.5, 0.6) is 0 Å². The number of nitrogens with zero attached hydrogens (tertiary/aromatic N) is 3. The average Bonchev–Trinajstić information content (AvgIpc) is 3.16. The standard InChI is InChI=1S/C25H23N3O3/c1-2-22(31-25(30)18-10-7-11-19-23(18)27-15-14-26-19)24(29)28-20-12-5-3-8-16(20)17-9-4-6-13-21(17)28/h3,5,7-8,10-12,14-15,22H,2,4,6,9,13H2,1H3. The Morgan fingerprint density at radius 3 is 2.71 bits per heavy atom. The number of hydrogen-bond acceptors (Lipinski definition) is 5. The van der Waals surface area contributed by atoms with Gasteiger partial charge < -0.3 is 4.74 Å². The van der Waals surface area contributed by atoms with Gasteiger partial charge in [0.25, 0.3) is 5.91 Å². The minimum atomic E-state index is -0.874. The zero-order chi connectivity index (χ0) is 21.4. The Bertz CT molecular complexity index is 1300. The van der Waals surface area contributed by atoms with Crippen LogP contribution in [0.1, 0.15) is 52.6 Å². The molecule has 0 aliphatic heterocycles. The molecule has 4 aromatic rings. The van der Waals surface area contributed by atoms with E-state index in [1.54, 1.807) is 35.2 Å². The van der Waals surface area contributed by atoms with Gasteiger partial charge in [-0.2, -0.15) is 0 Å². The molecule has 0 saturated heterocycles. The van der Waals surface area contributed by atoms with Crippen LogP contribution >= 0.6 is 0 Å². The molecule has 6 nitrogen and oxygen atoms in total. The van der Waals surface area contributed by atoms with Gasteiger partial charge in [-0.25, -0.2) is 4.79 Å². The largest absolute Gasteiger partial charge is 0.449 e. The van der Waals surface area contributed by atoms with Crippen molar-refractivity contribution in [2.75, 3.05) is 0 Å². The Hall–Kier alpha value is -3.54. The molecule has 1 aliphatic rings. The van der Waals surface area contributed by atoms with Crippen LogP contribution in [0.2, 0.25) is 0 Å². The highest BCUT2D eigenvalue weighted by atomic mass is 16.5. The molecular formula is C25H23N3O3. The number of ether oxygens (including phenoxy) is 1. The molecule has 1 atom stereocenters. The van der Waals surface area contributed by atoms with Crippen LogP contribution in [0.25, 0.3) is 21.9 Å². The molecule has 2 heterocycles. The van der Waals surface area contributed by atoms with E-state index in [0.717, 1.165) is 42.3 Å². The molecule has 1 aliphatic carbocycles. The van der Waals surface area contributed by atoms with Crippen LogP contribution in [-0.2, 0) is 17.6 Å². The molecule has 6 heteroatoms. The first kappa shape index (κ1) is 19.4. The summed E-state index contributed by atoms with van der Waals surface area (Å²) < 4.78 is 7.53. The first-order valence-electron chi connectivity index (χ1n) is 10.7. The summed E-state index contributed by atoms with van der Waals surface area (Å²) in [5.74, 6) is -0.752. The molecule has 0 bridgehead atoms. The van der Waals surface area contributed by atoms with E-state index >= 15 is 0 Å². The normalized spacial score (nSPS) is 14.4. The smallest absolute Gasteiger partial charge is 0.341 e. The van der Waals surface area contributed by atoms with E-state index in [1.807, 2.05) is 25.1 Å². The monoisotopic (exact) mass is 413 g/mol. The lowest BCUT2D eigenvalue weighted by Crippen LogP contribution is -2.32. The number of rotatable bonds is 4. The summed E-state index contributed by atoms with van der Waals surface area (Å²) in [6, 6.07) is 13.2. The third-order valence-corrected chi connectivity index (χ3v) is 6.01. The maximum Gasteiger partial charge on any atom is 0.341 e. The summed E-state index contributed by atoms with van der Waals surface area (Å²) in [6.07, 6.45) is 6.66. The Kier molecular flexibility index (Phi) is 4.98. The summed E-state index contributed by atoms with van der Waals surface area (Å²) in [7, 11) is 0. The summed E-state index contributed by atoms with van der Waals surface area (Å²) in [4.78, 5) is 35.1. The molecule has 0 N–H and O–H groups in total. The Morgan fingerprint density at radius 1 is 1.03 bits per heavy atom. The zero-order valence-electron chi connectivity index (χ0n) is 17.4. The molecule has 0 spiro atoms. The number of carbonyl (C=O) groups is 2. The molecule has 0 fully saturated rings. The van der Waals surface area contributed by atoms with Gasteiger partial charge in [-0.15, -0.1) is 0 Å². The third-order valence-electron chi connectivity index (χ3n) is 6.01. The number of aromatic nitrogens is 3. The number of hydrogen-bond donors (Lipinski definition) is 0. The van der Waals surface area contributed by atoms with Gasteiger partial charge in [0.1, 0.15) is 5.52 Å². The van der Waals surface area contributed by atoms with E-state index < -0.39 is 12.1 Å². The van der Waals surface area contributed by atoms with Crippen LogP contribution in [-0.4, -0.2) is 32.5 Å². The van der Waals surface area contributed by atoms with Gasteiger partial charge in [0.15, 0.2) is 6.10 Å². The van der Waals surface area contributed by atoms with Crippen molar-refractivity contribution in [1.82, 2.24) is 14.5 Å². The maximum absolute atomic E-state index is 13.6. The van der Waals surface area contributed by atoms with Crippen molar-refractivity contribution in [3.05, 3.63) is 71.7 Å².